The van der Waals surface area contributed by atoms with E-state index in [9.17, 15) is 0 Å². The molecule has 0 fully saturated rings. The Balaban J connectivity index is 3.22. The predicted octanol–water partition coefficient (Wildman–Crippen LogP) is 3.36. The van der Waals surface area contributed by atoms with Gasteiger partial charge in [0, 0.05) is 19.3 Å². The van der Waals surface area contributed by atoms with Crippen LogP contribution in [0.25, 0.3) is 0 Å². The Bertz CT molecular complexity index is 117. The van der Waals surface area contributed by atoms with Crippen molar-refractivity contribution >= 4 is 0 Å². The smallest absolute Gasteiger partial charge is 0.0478 e. The van der Waals surface area contributed by atoms with Crippen molar-refractivity contribution in [1.29, 1.82) is 0 Å². The maximum atomic E-state index is 5.44. The summed E-state index contributed by atoms with van der Waals surface area (Å²) in [5, 5.41) is 3.60. The molecule has 92 valence electrons. The van der Waals surface area contributed by atoms with Crippen LogP contribution in [0.2, 0.25) is 0 Å². The van der Waals surface area contributed by atoms with Crippen LogP contribution in [0.3, 0.4) is 0 Å². The van der Waals surface area contributed by atoms with Gasteiger partial charge in [0.2, 0.25) is 0 Å². The van der Waals surface area contributed by atoms with Gasteiger partial charge in [0.25, 0.3) is 0 Å². The van der Waals surface area contributed by atoms with Crippen molar-refractivity contribution in [2.24, 2.45) is 0 Å². The fourth-order valence-electron chi connectivity index (χ4n) is 1.63. The number of ether oxygens (including phenoxy) is 1. The van der Waals surface area contributed by atoms with Crippen molar-refractivity contribution < 1.29 is 4.74 Å². The monoisotopic (exact) mass is 215 g/mol. The summed E-state index contributed by atoms with van der Waals surface area (Å²) in [5.74, 6) is 0. The molecule has 1 atom stereocenters. The molecule has 0 heterocycles. The van der Waals surface area contributed by atoms with E-state index >= 15 is 0 Å². The number of nitrogens with one attached hydrogen (secondary N) is 1. The van der Waals surface area contributed by atoms with Gasteiger partial charge in [-0.2, -0.15) is 0 Å². The van der Waals surface area contributed by atoms with Crippen molar-refractivity contribution in [1.82, 2.24) is 5.32 Å². The van der Waals surface area contributed by atoms with Gasteiger partial charge >= 0.3 is 0 Å². The zero-order chi connectivity index (χ0) is 11.4. The minimum absolute atomic E-state index is 0.719. The second kappa shape index (κ2) is 12.0. The topological polar surface area (TPSA) is 21.3 Å². The van der Waals surface area contributed by atoms with E-state index in [-0.39, 0.29) is 0 Å². The first-order valence-electron chi connectivity index (χ1n) is 6.66. The van der Waals surface area contributed by atoms with E-state index in [1.807, 2.05) is 0 Å². The summed E-state index contributed by atoms with van der Waals surface area (Å²) in [7, 11) is 0. The van der Waals surface area contributed by atoms with E-state index < -0.39 is 0 Å². The summed E-state index contributed by atoms with van der Waals surface area (Å²) in [5.41, 5.74) is 0. The van der Waals surface area contributed by atoms with Crippen LogP contribution in [0.4, 0.5) is 0 Å². The molecule has 1 unspecified atom stereocenters. The minimum Gasteiger partial charge on any atom is -0.381 e. The first-order chi connectivity index (χ1) is 7.35. The fourth-order valence-corrected chi connectivity index (χ4v) is 1.63. The number of hydrogen-bond acceptors (Lipinski definition) is 2. The molecule has 0 aromatic carbocycles. The van der Waals surface area contributed by atoms with Gasteiger partial charge in [-0.1, -0.05) is 33.6 Å². The van der Waals surface area contributed by atoms with E-state index in [0.717, 1.165) is 38.6 Å². The summed E-state index contributed by atoms with van der Waals surface area (Å²) >= 11 is 0. The lowest BCUT2D eigenvalue weighted by Gasteiger charge is -2.16. The normalized spacial score (nSPS) is 13.0. The molecule has 2 nitrogen and oxygen atoms in total. The highest BCUT2D eigenvalue weighted by Crippen LogP contribution is 2.03. The third-order valence-electron chi connectivity index (χ3n) is 2.65. The van der Waals surface area contributed by atoms with Gasteiger partial charge < -0.3 is 10.1 Å². The molecule has 1 N–H and O–H groups in total. The lowest BCUT2D eigenvalue weighted by Crippen LogP contribution is -2.29. The van der Waals surface area contributed by atoms with Crippen molar-refractivity contribution in [3.05, 3.63) is 0 Å². The van der Waals surface area contributed by atoms with Gasteiger partial charge in [0.1, 0.15) is 0 Å². The van der Waals surface area contributed by atoms with Crippen molar-refractivity contribution in [2.75, 3.05) is 19.8 Å². The molecular weight excluding hydrogens is 186 g/mol. The van der Waals surface area contributed by atoms with E-state index in [2.05, 4.69) is 26.1 Å². The highest BCUT2D eigenvalue weighted by molar-refractivity contribution is 4.64. The Hall–Kier alpha value is -0.0800. The lowest BCUT2D eigenvalue weighted by atomic mass is 10.1. The van der Waals surface area contributed by atoms with Crippen molar-refractivity contribution in [3.8, 4) is 0 Å². The Morgan fingerprint density at radius 2 is 1.80 bits per heavy atom. The second-order valence-corrected chi connectivity index (χ2v) is 4.17. The SMILES string of the molecule is CCCCC(CC)NCCCOCCC. The molecule has 2 heteroatoms. The molecule has 0 spiro atoms. The molecule has 0 aromatic rings. The highest BCUT2D eigenvalue weighted by atomic mass is 16.5. The Morgan fingerprint density at radius 1 is 1.00 bits per heavy atom. The van der Waals surface area contributed by atoms with Crippen molar-refractivity contribution in [2.45, 2.75) is 65.3 Å². The maximum absolute atomic E-state index is 5.44. The van der Waals surface area contributed by atoms with Crippen LogP contribution in [0.5, 0.6) is 0 Å². The number of hydrogen-bond donors (Lipinski definition) is 1. The first kappa shape index (κ1) is 14.9. The largest absolute Gasteiger partial charge is 0.381 e. The van der Waals surface area contributed by atoms with E-state index in [0.29, 0.717) is 0 Å². The molecule has 0 rings (SSSR count). The molecule has 0 amide bonds. The van der Waals surface area contributed by atoms with Crippen molar-refractivity contribution in [3.63, 3.8) is 0 Å². The maximum Gasteiger partial charge on any atom is 0.0478 e. The average Bonchev–Trinajstić information content (AvgIpc) is 2.27. The molecular formula is C13H29NO. The van der Waals surface area contributed by atoms with Crippen LogP contribution in [0.1, 0.15) is 59.3 Å². The molecule has 0 saturated heterocycles. The minimum atomic E-state index is 0.719. The summed E-state index contributed by atoms with van der Waals surface area (Å²) in [6.45, 7) is 9.59. The van der Waals surface area contributed by atoms with E-state index in [1.54, 1.807) is 0 Å². The van der Waals surface area contributed by atoms with E-state index in [4.69, 9.17) is 4.74 Å². The predicted molar refractivity (Wildman–Crippen MR) is 67.3 cm³/mol. The Morgan fingerprint density at radius 3 is 2.40 bits per heavy atom. The van der Waals surface area contributed by atoms with Gasteiger partial charge in [-0.25, -0.2) is 0 Å². The quantitative estimate of drug-likeness (QED) is 0.534. The summed E-state index contributed by atoms with van der Waals surface area (Å²) in [6.07, 6.45) is 7.48. The van der Waals surface area contributed by atoms with Crippen LogP contribution in [0, 0.1) is 0 Å². The van der Waals surface area contributed by atoms with Crippen LogP contribution < -0.4 is 5.32 Å². The fraction of sp³-hybridized carbons (Fsp3) is 1.00. The van der Waals surface area contributed by atoms with Gasteiger partial charge in [0.15, 0.2) is 0 Å². The molecule has 0 radical (unpaired) electrons. The Labute approximate surface area is 95.8 Å². The Kier molecular flexibility index (Phi) is 11.9. The highest BCUT2D eigenvalue weighted by Gasteiger charge is 2.03. The molecule has 0 aliphatic carbocycles. The third kappa shape index (κ3) is 10.2. The summed E-state index contributed by atoms with van der Waals surface area (Å²) < 4.78 is 5.44. The van der Waals surface area contributed by atoms with Gasteiger partial charge in [-0.3, -0.25) is 0 Å². The lowest BCUT2D eigenvalue weighted by molar-refractivity contribution is 0.131. The number of unbranched alkanes of at least 4 members (excludes halogenated alkanes) is 1. The molecule has 0 aliphatic rings. The number of rotatable bonds is 11. The molecule has 0 aromatic heterocycles. The van der Waals surface area contributed by atoms with Crippen LogP contribution in [0.15, 0.2) is 0 Å². The van der Waals surface area contributed by atoms with Gasteiger partial charge in [-0.05, 0) is 32.2 Å². The van der Waals surface area contributed by atoms with Crippen LogP contribution in [-0.4, -0.2) is 25.8 Å². The molecule has 0 bridgehead atoms. The van der Waals surface area contributed by atoms with E-state index in [1.165, 1.54) is 25.7 Å². The van der Waals surface area contributed by atoms with Crippen LogP contribution >= 0.6 is 0 Å². The summed E-state index contributed by atoms with van der Waals surface area (Å²) in [6, 6.07) is 0.719. The van der Waals surface area contributed by atoms with Gasteiger partial charge in [-0.15, -0.1) is 0 Å². The standard InChI is InChI=1S/C13H29NO/c1-4-7-9-13(6-3)14-10-8-12-15-11-5-2/h13-14H,4-12H2,1-3H3. The average molecular weight is 215 g/mol. The molecule has 0 aliphatic heterocycles. The summed E-state index contributed by atoms with van der Waals surface area (Å²) in [4.78, 5) is 0. The zero-order valence-electron chi connectivity index (χ0n) is 10.8. The third-order valence-corrected chi connectivity index (χ3v) is 2.65. The van der Waals surface area contributed by atoms with Crippen LogP contribution in [-0.2, 0) is 4.74 Å². The second-order valence-electron chi connectivity index (χ2n) is 4.17. The molecule has 0 saturated carbocycles. The first-order valence-corrected chi connectivity index (χ1v) is 6.66. The van der Waals surface area contributed by atoms with Gasteiger partial charge in [0.05, 0.1) is 0 Å². The zero-order valence-corrected chi connectivity index (χ0v) is 10.8. The molecule has 15 heavy (non-hydrogen) atoms.